The highest BCUT2D eigenvalue weighted by molar-refractivity contribution is 6.30. The van der Waals surface area contributed by atoms with Crippen LogP contribution in [-0.4, -0.2) is 37.2 Å². The van der Waals surface area contributed by atoms with Gasteiger partial charge in [-0.15, -0.1) is 12.4 Å². The summed E-state index contributed by atoms with van der Waals surface area (Å²) in [4.78, 5) is 12.8. The number of hydrogen-bond acceptors (Lipinski definition) is 6. The number of aliphatic hydroxyl groups excluding tert-OH is 1. The lowest BCUT2D eigenvalue weighted by atomic mass is 10.0. The molecule has 35 heavy (non-hydrogen) atoms. The molecule has 0 aliphatic carbocycles. The molecule has 7 nitrogen and oxygen atoms in total. The Labute approximate surface area is 215 Å². The van der Waals surface area contributed by atoms with E-state index in [9.17, 15) is 9.90 Å². The maximum absolute atomic E-state index is 12.8. The van der Waals surface area contributed by atoms with E-state index in [2.05, 4.69) is 17.2 Å². The number of nitrogens with two attached hydrogens (primary N) is 1. The average molecular weight is 514 g/mol. The maximum atomic E-state index is 12.8. The van der Waals surface area contributed by atoms with Crippen molar-refractivity contribution in [3.05, 3.63) is 94.0 Å². The van der Waals surface area contributed by atoms with Crippen LogP contribution in [0.4, 0.5) is 5.69 Å². The van der Waals surface area contributed by atoms with Crippen LogP contribution in [0, 0.1) is 17.3 Å². The zero-order valence-electron chi connectivity index (χ0n) is 18.9. The molecule has 3 aromatic rings. The number of methoxy groups -OCH3 is 1. The van der Waals surface area contributed by atoms with Crippen LogP contribution in [0.5, 0.6) is 5.75 Å². The highest BCUT2D eigenvalue weighted by atomic mass is 35.5. The van der Waals surface area contributed by atoms with Gasteiger partial charge in [-0.3, -0.25) is 5.41 Å². The van der Waals surface area contributed by atoms with Crippen LogP contribution in [0.25, 0.3) is 0 Å². The van der Waals surface area contributed by atoms with Gasteiger partial charge in [-0.05, 0) is 48.5 Å². The molecule has 0 amide bonds. The Balaban J connectivity index is 0.00000432. The van der Waals surface area contributed by atoms with Crippen LogP contribution in [0.3, 0.4) is 0 Å². The van der Waals surface area contributed by atoms with Crippen LogP contribution in [0.15, 0.2) is 66.7 Å². The summed E-state index contributed by atoms with van der Waals surface area (Å²) in [5, 5.41) is 20.4. The number of benzene rings is 3. The SMILES string of the molecule is COC(=O)C(Nc1ccc(C(=N)N)cc1)c1cc(Cl)cc(C#Cc2ccccc2)c1OCCO.Cl. The Hall–Kier alpha value is -3.70. The van der Waals surface area contributed by atoms with Crippen molar-refractivity contribution in [3.8, 4) is 17.6 Å². The number of carbonyl (C=O) groups is 1. The standard InChI is InChI=1S/C26H24ClN3O4.ClH/c1-33-26(32)23(30-21-11-9-18(10-12-21)25(28)29)22-16-20(27)15-19(24(22)34-14-13-31)8-7-17-5-3-2-4-6-17;/h2-6,9-12,15-16,23,30-31H,13-14H2,1H3,(H3,28,29);1H. The number of nitrogen functional groups attached to an aromatic ring is 1. The van der Waals surface area contributed by atoms with Gasteiger partial charge in [0.25, 0.3) is 0 Å². The Morgan fingerprint density at radius 3 is 2.43 bits per heavy atom. The molecule has 0 spiro atoms. The van der Waals surface area contributed by atoms with Crippen LogP contribution < -0.4 is 15.8 Å². The van der Waals surface area contributed by atoms with Crippen molar-refractivity contribution in [2.45, 2.75) is 6.04 Å². The monoisotopic (exact) mass is 513 g/mol. The summed E-state index contributed by atoms with van der Waals surface area (Å²) in [6, 6.07) is 18.4. The first kappa shape index (κ1) is 27.5. The highest BCUT2D eigenvalue weighted by Gasteiger charge is 2.27. The molecular weight excluding hydrogens is 489 g/mol. The number of carbonyl (C=O) groups excluding carboxylic acids is 1. The van der Waals surface area contributed by atoms with Gasteiger partial charge in [0, 0.05) is 27.4 Å². The molecule has 3 rings (SSSR count). The van der Waals surface area contributed by atoms with E-state index in [1.54, 1.807) is 36.4 Å². The quantitative estimate of drug-likeness (QED) is 0.155. The molecular formula is C26H25Cl2N3O4. The number of anilines is 1. The first-order valence-corrected chi connectivity index (χ1v) is 10.7. The highest BCUT2D eigenvalue weighted by Crippen LogP contribution is 2.35. The second-order valence-electron chi connectivity index (χ2n) is 7.15. The summed E-state index contributed by atoms with van der Waals surface area (Å²) < 4.78 is 10.9. The van der Waals surface area contributed by atoms with Crippen LogP contribution in [-0.2, 0) is 9.53 Å². The molecule has 5 N–H and O–H groups in total. The van der Waals surface area contributed by atoms with Crippen molar-refractivity contribution in [2.75, 3.05) is 25.6 Å². The molecule has 9 heteroatoms. The van der Waals surface area contributed by atoms with Gasteiger partial charge >= 0.3 is 5.97 Å². The van der Waals surface area contributed by atoms with E-state index in [1.807, 2.05) is 30.3 Å². The van der Waals surface area contributed by atoms with Gasteiger partial charge in [-0.1, -0.05) is 41.6 Å². The molecule has 0 saturated carbocycles. The van der Waals surface area contributed by atoms with E-state index < -0.39 is 12.0 Å². The first-order chi connectivity index (χ1) is 16.4. The Bertz CT molecular complexity index is 1220. The third-order valence-corrected chi connectivity index (χ3v) is 5.01. The number of ether oxygens (including phenoxy) is 2. The molecule has 0 fully saturated rings. The van der Waals surface area contributed by atoms with E-state index in [1.165, 1.54) is 7.11 Å². The number of nitrogens with one attached hydrogen (secondary N) is 2. The summed E-state index contributed by atoms with van der Waals surface area (Å²) in [5.41, 5.74) is 8.32. The molecule has 182 valence electrons. The van der Waals surface area contributed by atoms with Crippen molar-refractivity contribution < 1.29 is 19.4 Å². The molecule has 0 aliphatic rings. The number of aliphatic hydroxyl groups is 1. The van der Waals surface area contributed by atoms with Gasteiger partial charge in [0.2, 0.25) is 0 Å². The van der Waals surface area contributed by atoms with E-state index in [-0.39, 0.29) is 31.5 Å². The van der Waals surface area contributed by atoms with Gasteiger partial charge in [0.1, 0.15) is 18.2 Å². The zero-order chi connectivity index (χ0) is 24.5. The van der Waals surface area contributed by atoms with Crippen LogP contribution in [0.2, 0.25) is 5.02 Å². The number of rotatable bonds is 8. The molecule has 0 saturated heterocycles. The maximum Gasteiger partial charge on any atom is 0.333 e. The third-order valence-electron chi connectivity index (χ3n) is 4.79. The molecule has 0 radical (unpaired) electrons. The third kappa shape index (κ3) is 7.39. The molecule has 0 heterocycles. The Kier molecular flexibility index (Phi) is 10.4. The minimum Gasteiger partial charge on any atom is -0.489 e. The fraction of sp³-hybridized carbons (Fsp3) is 0.154. The van der Waals surface area contributed by atoms with Gasteiger partial charge in [-0.25, -0.2) is 4.79 Å². The van der Waals surface area contributed by atoms with Gasteiger partial charge in [-0.2, -0.15) is 0 Å². The molecule has 3 aromatic carbocycles. The smallest absolute Gasteiger partial charge is 0.333 e. The number of hydrogen-bond donors (Lipinski definition) is 4. The van der Waals surface area contributed by atoms with E-state index in [0.29, 0.717) is 33.1 Å². The number of halogens is 2. The molecule has 1 atom stereocenters. The zero-order valence-corrected chi connectivity index (χ0v) is 20.5. The molecule has 0 aliphatic heterocycles. The van der Waals surface area contributed by atoms with E-state index >= 15 is 0 Å². The fourth-order valence-corrected chi connectivity index (χ4v) is 3.41. The lowest BCUT2D eigenvalue weighted by Crippen LogP contribution is -2.24. The number of amidine groups is 1. The van der Waals surface area contributed by atoms with Crippen molar-refractivity contribution >= 4 is 41.5 Å². The van der Waals surface area contributed by atoms with E-state index in [4.69, 9.17) is 32.2 Å². The summed E-state index contributed by atoms with van der Waals surface area (Å²) in [6.07, 6.45) is 0. The molecule has 0 aromatic heterocycles. The lowest BCUT2D eigenvalue weighted by molar-refractivity contribution is -0.141. The predicted molar refractivity (Wildman–Crippen MR) is 140 cm³/mol. The minimum absolute atomic E-state index is 0. The predicted octanol–water partition coefficient (Wildman–Crippen LogP) is 4.14. The van der Waals surface area contributed by atoms with Crippen LogP contribution >= 0.6 is 24.0 Å². The largest absolute Gasteiger partial charge is 0.489 e. The van der Waals surface area contributed by atoms with Crippen LogP contribution in [0.1, 0.15) is 28.3 Å². The second kappa shape index (κ2) is 13.3. The van der Waals surface area contributed by atoms with Crippen molar-refractivity contribution in [2.24, 2.45) is 5.73 Å². The first-order valence-electron chi connectivity index (χ1n) is 10.4. The van der Waals surface area contributed by atoms with Gasteiger partial charge < -0.3 is 25.6 Å². The Morgan fingerprint density at radius 2 is 1.83 bits per heavy atom. The van der Waals surface area contributed by atoms with Crippen molar-refractivity contribution in [1.29, 1.82) is 5.41 Å². The summed E-state index contributed by atoms with van der Waals surface area (Å²) in [7, 11) is 1.28. The average Bonchev–Trinajstić information content (AvgIpc) is 2.85. The fourth-order valence-electron chi connectivity index (χ4n) is 3.19. The van der Waals surface area contributed by atoms with Gasteiger partial charge in [0.15, 0.2) is 6.04 Å². The summed E-state index contributed by atoms with van der Waals surface area (Å²) in [5.74, 6) is 5.79. The topological polar surface area (TPSA) is 118 Å². The molecule has 1 unspecified atom stereocenters. The second-order valence-corrected chi connectivity index (χ2v) is 7.59. The van der Waals surface area contributed by atoms with E-state index in [0.717, 1.165) is 5.56 Å². The lowest BCUT2D eigenvalue weighted by Gasteiger charge is -2.22. The van der Waals surface area contributed by atoms with Gasteiger partial charge in [0.05, 0.1) is 19.3 Å². The Morgan fingerprint density at radius 1 is 1.14 bits per heavy atom. The number of esters is 1. The molecule has 0 bridgehead atoms. The normalized spacial score (nSPS) is 10.7. The summed E-state index contributed by atoms with van der Waals surface area (Å²) in [6.45, 7) is -0.230. The van der Waals surface area contributed by atoms with Crippen molar-refractivity contribution in [1.82, 2.24) is 0 Å². The minimum atomic E-state index is -0.988. The summed E-state index contributed by atoms with van der Waals surface area (Å²) >= 11 is 6.40. The van der Waals surface area contributed by atoms with Crippen molar-refractivity contribution in [3.63, 3.8) is 0 Å².